The molecule has 374 valence electrons. The second kappa shape index (κ2) is 18.8. The Morgan fingerprint density at radius 1 is 0.571 bits per heavy atom. The van der Waals surface area contributed by atoms with Crippen molar-refractivity contribution in [1.29, 1.82) is 0 Å². The molecule has 0 saturated heterocycles. The van der Waals surface area contributed by atoms with Crippen LogP contribution in [0.2, 0.25) is 0 Å². The normalized spacial score (nSPS) is 28.1. The Morgan fingerprint density at radius 3 is 1.37 bits per heavy atom. The number of carbonyl (C=O) groups is 1. The van der Waals surface area contributed by atoms with Crippen LogP contribution in [0.25, 0.3) is 0 Å². The molecule has 0 amide bonds. The molecule has 3 aliphatic carbocycles. The number of hydrogen-bond donors (Lipinski definition) is 1. The fraction of sp³-hybridized carbons (Fsp3) is 0.971. The molecule has 7 nitrogen and oxygen atoms in total. The van der Waals surface area contributed by atoms with E-state index in [2.05, 4.69) is 23.7 Å². The molecule has 0 aliphatic heterocycles. The molecule has 0 aromatic heterocycles. The van der Waals surface area contributed by atoms with Crippen LogP contribution in [0.3, 0.4) is 0 Å². The molecular weight excluding hydrogens is 931 g/mol. The van der Waals surface area contributed by atoms with Crippen molar-refractivity contribution in [2.45, 2.75) is 139 Å². The molecule has 0 aromatic carbocycles. The average Bonchev–Trinajstić information content (AvgIpc) is 3.63. The molecule has 3 aliphatic rings. The number of alkyl halides is 21. The van der Waals surface area contributed by atoms with E-state index in [1.54, 1.807) is 0 Å². The second-order valence-corrected chi connectivity index (χ2v) is 16.3. The lowest BCUT2D eigenvalue weighted by Gasteiger charge is -2.50. The maximum atomic E-state index is 14.0. The third kappa shape index (κ3) is 10.7. The minimum absolute atomic E-state index is 0.106. The van der Waals surface area contributed by atoms with Gasteiger partial charge in [0.1, 0.15) is 19.7 Å². The highest BCUT2D eigenvalue weighted by atomic mass is 19.4. The SMILES string of the molecule is CCC(C)(C(=O)OC1CC(C(O)(C(F)(F)F)C(F)(F)F)CC(C(OCOC)(C(F)(F)F)C(F)(F)F)C1)C(F)(F)F.COCOC(CC1CC2CC1C(C)C2C)(C(F)(F)F)C(F)(F)F. The summed E-state index contributed by atoms with van der Waals surface area (Å²) in [5.41, 5.74) is -19.2. The molecule has 3 rings (SSSR count). The van der Waals surface area contributed by atoms with Gasteiger partial charge in [0.25, 0.3) is 16.8 Å². The number of carbonyl (C=O) groups excluding carboxylic acids is 1. The van der Waals surface area contributed by atoms with E-state index in [1.165, 1.54) is 0 Å². The molecule has 0 radical (unpaired) electrons. The lowest BCUT2D eigenvalue weighted by molar-refractivity contribution is -0.420. The van der Waals surface area contributed by atoms with Crippen molar-refractivity contribution in [2.75, 3.05) is 27.8 Å². The molecule has 0 aromatic rings. The molecule has 3 fully saturated rings. The molecule has 0 spiro atoms. The Balaban J connectivity index is 0.000000499. The van der Waals surface area contributed by atoms with E-state index in [1.807, 2.05) is 13.8 Å². The average molecular weight is 977 g/mol. The van der Waals surface area contributed by atoms with E-state index >= 15 is 0 Å². The Kier molecular flexibility index (Phi) is 17.0. The van der Waals surface area contributed by atoms with E-state index in [0.717, 1.165) is 14.0 Å². The summed E-state index contributed by atoms with van der Waals surface area (Å²) in [6, 6.07) is 0. The maximum absolute atomic E-state index is 14.0. The molecule has 9 unspecified atom stereocenters. The van der Waals surface area contributed by atoms with Gasteiger partial charge in [0.05, 0.1) is 0 Å². The van der Waals surface area contributed by atoms with Crippen molar-refractivity contribution >= 4 is 5.97 Å². The van der Waals surface area contributed by atoms with Gasteiger partial charge in [0, 0.05) is 26.1 Å². The van der Waals surface area contributed by atoms with Crippen LogP contribution in [0.1, 0.15) is 72.6 Å². The number of esters is 1. The van der Waals surface area contributed by atoms with Crippen LogP contribution >= 0.6 is 0 Å². The summed E-state index contributed by atoms with van der Waals surface area (Å²) >= 11 is 0. The second-order valence-electron chi connectivity index (χ2n) is 16.3. The van der Waals surface area contributed by atoms with E-state index in [9.17, 15) is 102 Å². The summed E-state index contributed by atoms with van der Waals surface area (Å²) in [6.07, 6.45) is -53.3. The highest BCUT2D eigenvalue weighted by Gasteiger charge is 2.80. The van der Waals surface area contributed by atoms with Gasteiger partial charge in [0.2, 0.25) is 0 Å². The Bertz CT molecular complexity index is 1460. The van der Waals surface area contributed by atoms with Gasteiger partial charge in [-0.2, -0.15) is 92.2 Å². The molecule has 2 bridgehead atoms. The predicted molar refractivity (Wildman–Crippen MR) is 170 cm³/mol. The third-order valence-corrected chi connectivity index (χ3v) is 12.9. The summed E-state index contributed by atoms with van der Waals surface area (Å²) in [4.78, 5) is 12.3. The molecule has 1 N–H and O–H groups in total. The number of aliphatic hydroxyl groups is 1. The minimum atomic E-state index is -6.76. The first-order chi connectivity index (χ1) is 28.0. The summed E-state index contributed by atoms with van der Waals surface area (Å²) in [7, 11) is 1.53. The van der Waals surface area contributed by atoms with Gasteiger partial charge in [-0.3, -0.25) is 4.79 Å². The lowest BCUT2D eigenvalue weighted by atomic mass is 9.65. The van der Waals surface area contributed by atoms with E-state index < -0.39 is 141 Å². The van der Waals surface area contributed by atoms with Gasteiger partial charge >= 0.3 is 49.2 Å². The number of rotatable bonds is 13. The van der Waals surface area contributed by atoms with Crippen LogP contribution in [0.5, 0.6) is 0 Å². The molecule has 9 atom stereocenters. The topological polar surface area (TPSA) is 83.5 Å². The number of methoxy groups -OCH3 is 2. The van der Waals surface area contributed by atoms with Crippen LogP contribution in [0.4, 0.5) is 92.2 Å². The Morgan fingerprint density at radius 2 is 1.02 bits per heavy atom. The molecule has 63 heavy (non-hydrogen) atoms. The van der Waals surface area contributed by atoms with E-state index in [0.29, 0.717) is 25.9 Å². The van der Waals surface area contributed by atoms with Crippen molar-refractivity contribution in [2.24, 2.45) is 46.8 Å². The Labute approximate surface area is 345 Å². The van der Waals surface area contributed by atoms with Crippen molar-refractivity contribution < 1.29 is 126 Å². The summed E-state index contributed by atoms with van der Waals surface area (Å²) in [5.74, 6) is -9.56. The van der Waals surface area contributed by atoms with Gasteiger partial charge in [0.15, 0.2) is 5.41 Å². The minimum Gasteiger partial charge on any atom is -0.462 e. The zero-order valence-electron chi connectivity index (χ0n) is 33.8. The van der Waals surface area contributed by atoms with Crippen LogP contribution in [-0.2, 0) is 28.5 Å². The molecular formula is C35H45F21O7. The van der Waals surface area contributed by atoms with Crippen molar-refractivity contribution in [3.05, 3.63) is 0 Å². The van der Waals surface area contributed by atoms with Gasteiger partial charge in [-0.15, -0.1) is 0 Å². The van der Waals surface area contributed by atoms with Crippen molar-refractivity contribution in [3.8, 4) is 0 Å². The van der Waals surface area contributed by atoms with Crippen molar-refractivity contribution in [3.63, 3.8) is 0 Å². The third-order valence-electron chi connectivity index (χ3n) is 12.9. The summed E-state index contributed by atoms with van der Waals surface area (Å²) < 4.78 is 307. The van der Waals surface area contributed by atoms with Gasteiger partial charge in [-0.25, -0.2) is 0 Å². The summed E-state index contributed by atoms with van der Waals surface area (Å²) in [5, 5.41) is 9.76. The van der Waals surface area contributed by atoms with Crippen LogP contribution in [0, 0.1) is 46.8 Å². The monoisotopic (exact) mass is 976 g/mol. The first-order valence-corrected chi connectivity index (χ1v) is 18.7. The zero-order chi connectivity index (χ0) is 49.6. The zero-order valence-corrected chi connectivity index (χ0v) is 33.8. The summed E-state index contributed by atoms with van der Waals surface area (Å²) in [6.45, 7) is 1.98. The first kappa shape index (κ1) is 56.9. The molecule has 3 saturated carbocycles. The number of hydrogen-bond acceptors (Lipinski definition) is 7. The fourth-order valence-corrected chi connectivity index (χ4v) is 8.93. The maximum Gasteiger partial charge on any atom is 0.426 e. The predicted octanol–water partition coefficient (Wildman–Crippen LogP) is 11.4. The van der Waals surface area contributed by atoms with E-state index in [-0.39, 0.29) is 24.7 Å². The largest absolute Gasteiger partial charge is 0.462 e. The smallest absolute Gasteiger partial charge is 0.426 e. The Hall–Kier alpha value is -2.20. The van der Waals surface area contributed by atoms with Crippen LogP contribution in [0.15, 0.2) is 0 Å². The van der Waals surface area contributed by atoms with E-state index in [4.69, 9.17) is 0 Å². The quantitative estimate of drug-likeness (QED) is 0.112. The number of ether oxygens (including phenoxy) is 5. The molecule has 28 heteroatoms. The lowest BCUT2D eigenvalue weighted by Crippen LogP contribution is -2.68. The molecule has 0 heterocycles. The highest BCUT2D eigenvalue weighted by molar-refractivity contribution is 5.77. The first-order valence-electron chi connectivity index (χ1n) is 18.7. The number of halogens is 21. The van der Waals surface area contributed by atoms with Crippen LogP contribution < -0.4 is 0 Å². The van der Waals surface area contributed by atoms with Gasteiger partial charge in [-0.05, 0) is 81.5 Å². The van der Waals surface area contributed by atoms with Gasteiger partial charge < -0.3 is 28.8 Å². The standard InChI is InChI=1S/C20H23F15O5.C15H22F6O2/c1-4-13(2,16(21,22)23)12(36)40-11-6-9(14(37,17(24,25)26)18(27,28)29)5-10(7-11)15(19(30,31)32,20(33,34)35)39-8-38-3;1-8-9(2)12-5-10(8)4-11(12)6-13(14(16,17)18,15(19,20)21)23-7-22-3/h9-11,37H,4-8H2,1-3H3;8-12H,4-7H2,1-3H3. The van der Waals surface area contributed by atoms with Crippen LogP contribution in [-0.4, -0.2) is 105 Å². The van der Waals surface area contributed by atoms with Crippen molar-refractivity contribution in [1.82, 2.24) is 0 Å². The van der Waals surface area contributed by atoms with Gasteiger partial charge in [-0.1, -0.05) is 20.8 Å². The fourth-order valence-electron chi connectivity index (χ4n) is 8.93. The highest BCUT2D eigenvalue weighted by Crippen LogP contribution is 2.62. The number of fused-ring (bicyclic) bond motifs is 2.